The third-order valence-electron chi connectivity index (χ3n) is 10.4. The molecule has 0 bridgehead atoms. The van der Waals surface area contributed by atoms with Crippen LogP contribution in [-0.4, -0.2) is 116 Å². The summed E-state index contributed by atoms with van der Waals surface area (Å²) < 4.78 is 22.6. The molecule has 1 aliphatic carbocycles. The van der Waals surface area contributed by atoms with E-state index in [0.717, 1.165) is 60.9 Å². The average molecular weight is 702 g/mol. The molecule has 3 aromatic rings. The van der Waals surface area contributed by atoms with Crippen molar-refractivity contribution in [3.05, 3.63) is 101 Å². The molecule has 2 heterocycles. The summed E-state index contributed by atoms with van der Waals surface area (Å²) in [6.07, 6.45) is -2.16. The van der Waals surface area contributed by atoms with Gasteiger partial charge >= 0.3 is 6.09 Å². The Kier molecular flexibility index (Phi) is 12.6. The van der Waals surface area contributed by atoms with Gasteiger partial charge in [-0.1, -0.05) is 73.7 Å². The standard InChI is InChI=1S/C40H51N3O8/c1-27-25-49-26-37(27)51-40(47)41-34(39(46)42(2)38-32-11-7-6-10-30(32)23-36(38)45)24-35(44)33(22-28-8-4-3-5-9-28)29-12-14-31(15-13-29)50-21-18-43-16-19-48-20-17-43/h3-15,27,33-38,44-45H,16-26H2,1-2H3,(H,41,47)/t27-,33+,34-,35+,36-,37-,38+/m1/s1. The number of hydrogen-bond donors (Lipinski definition) is 3. The molecule has 3 N–H and O–H groups in total. The second-order valence-electron chi connectivity index (χ2n) is 14.0. The third kappa shape index (κ3) is 9.46. The van der Waals surface area contributed by atoms with Crippen LogP contribution in [0.15, 0.2) is 78.9 Å². The van der Waals surface area contributed by atoms with Gasteiger partial charge in [0.25, 0.3) is 0 Å². The van der Waals surface area contributed by atoms with Crippen molar-refractivity contribution in [1.82, 2.24) is 15.1 Å². The number of amides is 2. The Hall–Kier alpha value is -4.00. The molecule has 7 atom stereocenters. The minimum absolute atomic E-state index is 0.0184. The lowest BCUT2D eigenvalue weighted by Crippen LogP contribution is -2.52. The number of carbonyl (C=O) groups excluding carboxylic acids is 2. The van der Waals surface area contributed by atoms with E-state index in [4.69, 9.17) is 18.9 Å². The Balaban J connectivity index is 1.20. The smallest absolute Gasteiger partial charge is 0.408 e. The molecule has 2 saturated heterocycles. The van der Waals surface area contributed by atoms with Crippen LogP contribution in [-0.2, 0) is 31.8 Å². The summed E-state index contributed by atoms with van der Waals surface area (Å²) in [5, 5.41) is 25.9. The third-order valence-corrected chi connectivity index (χ3v) is 10.4. The van der Waals surface area contributed by atoms with Crippen molar-refractivity contribution in [2.45, 2.75) is 62.5 Å². The van der Waals surface area contributed by atoms with Gasteiger partial charge < -0.3 is 39.4 Å². The monoisotopic (exact) mass is 701 g/mol. The predicted octanol–water partition coefficient (Wildman–Crippen LogP) is 3.72. The summed E-state index contributed by atoms with van der Waals surface area (Å²) in [5.74, 6) is -0.0799. The van der Waals surface area contributed by atoms with E-state index in [1.807, 2.05) is 85.8 Å². The second-order valence-corrected chi connectivity index (χ2v) is 14.0. The molecule has 3 aliphatic rings. The van der Waals surface area contributed by atoms with E-state index in [9.17, 15) is 19.8 Å². The molecule has 0 saturated carbocycles. The predicted molar refractivity (Wildman–Crippen MR) is 192 cm³/mol. The van der Waals surface area contributed by atoms with Crippen LogP contribution in [0, 0.1) is 5.92 Å². The van der Waals surface area contributed by atoms with Crippen molar-refractivity contribution in [3.63, 3.8) is 0 Å². The quantitative estimate of drug-likeness (QED) is 0.230. The molecule has 0 aromatic heterocycles. The molecule has 6 rings (SSSR count). The summed E-state index contributed by atoms with van der Waals surface area (Å²) in [6, 6.07) is 23.6. The summed E-state index contributed by atoms with van der Waals surface area (Å²) >= 11 is 0. The fraction of sp³-hybridized carbons (Fsp3) is 0.500. The van der Waals surface area contributed by atoms with E-state index in [1.165, 1.54) is 4.90 Å². The van der Waals surface area contributed by atoms with Gasteiger partial charge in [-0.15, -0.1) is 0 Å². The number of nitrogens with one attached hydrogen (secondary N) is 1. The maximum Gasteiger partial charge on any atom is 0.408 e. The first kappa shape index (κ1) is 36.8. The minimum Gasteiger partial charge on any atom is -0.492 e. The lowest BCUT2D eigenvalue weighted by atomic mass is 9.84. The van der Waals surface area contributed by atoms with Crippen LogP contribution >= 0.6 is 0 Å². The summed E-state index contributed by atoms with van der Waals surface area (Å²) in [5.41, 5.74) is 3.76. The van der Waals surface area contributed by atoms with Gasteiger partial charge in [0.2, 0.25) is 5.91 Å². The highest BCUT2D eigenvalue weighted by atomic mass is 16.6. The zero-order valence-corrected chi connectivity index (χ0v) is 29.6. The van der Waals surface area contributed by atoms with Crippen LogP contribution < -0.4 is 10.1 Å². The lowest BCUT2D eigenvalue weighted by molar-refractivity contribution is -0.137. The molecular formula is C40H51N3O8. The van der Waals surface area contributed by atoms with E-state index in [0.29, 0.717) is 26.1 Å². The summed E-state index contributed by atoms with van der Waals surface area (Å²) in [6.45, 7) is 7.36. The van der Waals surface area contributed by atoms with Gasteiger partial charge in [0, 0.05) is 51.4 Å². The van der Waals surface area contributed by atoms with Crippen molar-refractivity contribution in [2.24, 2.45) is 5.92 Å². The molecule has 2 fully saturated rings. The minimum atomic E-state index is -1.13. The van der Waals surface area contributed by atoms with E-state index >= 15 is 0 Å². The number of morpholine rings is 1. The number of likely N-dealkylation sites (N-methyl/N-ethyl adjacent to an activating group) is 1. The zero-order chi connectivity index (χ0) is 35.7. The Morgan fingerprint density at radius 2 is 1.71 bits per heavy atom. The van der Waals surface area contributed by atoms with Crippen LogP contribution in [0.5, 0.6) is 5.75 Å². The molecule has 2 amide bonds. The van der Waals surface area contributed by atoms with Crippen molar-refractivity contribution < 1.29 is 38.7 Å². The number of benzene rings is 3. The highest BCUT2D eigenvalue weighted by molar-refractivity contribution is 5.86. The second kappa shape index (κ2) is 17.5. The molecule has 0 spiro atoms. The van der Waals surface area contributed by atoms with Crippen LogP contribution in [0.2, 0.25) is 0 Å². The fourth-order valence-electron chi connectivity index (χ4n) is 7.41. The van der Waals surface area contributed by atoms with Gasteiger partial charge in [0.05, 0.1) is 44.7 Å². The van der Waals surface area contributed by atoms with E-state index in [-0.39, 0.29) is 18.9 Å². The number of hydrogen-bond acceptors (Lipinski definition) is 9. The SMILES string of the molecule is C[C@@H]1COC[C@H]1OC(=O)N[C@H](C[C@H](O)[C@@H](Cc1ccccc1)c1ccc(OCCN2CCOCC2)cc1)C(=O)N(C)[C@H]1c2ccccc2C[C@H]1O. The summed E-state index contributed by atoms with van der Waals surface area (Å²) in [7, 11) is 1.64. The van der Waals surface area contributed by atoms with Crippen molar-refractivity contribution in [3.8, 4) is 5.75 Å². The number of aliphatic hydroxyl groups excluding tert-OH is 2. The van der Waals surface area contributed by atoms with Gasteiger partial charge in [-0.3, -0.25) is 9.69 Å². The number of alkyl carbamates (subject to hydrolysis) is 1. The first-order valence-electron chi connectivity index (χ1n) is 18.1. The van der Waals surface area contributed by atoms with Crippen molar-refractivity contribution in [1.29, 1.82) is 0 Å². The maximum absolute atomic E-state index is 14.3. The molecule has 274 valence electrons. The van der Waals surface area contributed by atoms with Crippen LogP contribution in [0.25, 0.3) is 0 Å². The largest absolute Gasteiger partial charge is 0.492 e. The molecular weight excluding hydrogens is 650 g/mol. The number of aliphatic hydroxyl groups is 2. The highest BCUT2D eigenvalue weighted by Gasteiger charge is 2.40. The Morgan fingerprint density at radius 3 is 2.43 bits per heavy atom. The molecule has 3 aromatic carbocycles. The maximum atomic E-state index is 14.3. The van der Waals surface area contributed by atoms with Gasteiger partial charge in [-0.05, 0) is 40.8 Å². The molecule has 2 aliphatic heterocycles. The van der Waals surface area contributed by atoms with Crippen LogP contribution in [0.3, 0.4) is 0 Å². The molecule has 11 nitrogen and oxygen atoms in total. The number of fused-ring (bicyclic) bond motifs is 1. The zero-order valence-electron chi connectivity index (χ0n) is 29.6. The number of rotatable bonds is 14. The van der Waals surface area contributed by atoms with E-state index in [2.05, 4.69) is 10.2 Å². The fourth-order valence-corrected chi connectivity index (χ4v) is 7.41. The lowest BCUT2D eigenvalue weighted by Gasteiger charge is -2.33. The normalized spacial score (nSPS) is 23.5. The van der Waals surface area contributed by atoms with Crippen LogP contribution in [0.1, 0.15) is 47.6 Å². The van der Waals surface area contributed by atoms with Crippen molar-refractivity contribution >= 4 is 12.0 Å². The molecule has 51 heavy (non-hydrogen) atoms. The first-order valence-corrected chi connectivity index (χ1v) is 18.1. The van der Waals surface area contributed by atoms with Gasteiger partial charge in [0.1, 0.15) is 24.5 Å². The summed E-state index contributed by atoms with van der Waals surface area (Å²) in [4.78, 5) is 31.4. The van der Waals surface area contributed by atoms with E-state index in [1.54, 1.807) is 7.05 Å². The number of nitrogens with zero attached hydrogens (tertiary/aromatic N) is 2. The Labute approximate surface area is 300 Å². The van der Waals surface area contributed by atoms with Gasteiger partial charge in [0.15, 0.2) is 0 Å². The number of carbonyl (C=O) groups is 2. The van der Waals surface area contributed by atoms with Gasteiger partial charge in [-0.25, -0.2) is 4.79 Å². The average Bonchev–Trinajstić information content (AvgIpc) is 3.71. The van der Waals surface area contributed by atoms with Crippen LogP contribution in [0.4, 0.5) is 4.79 Å². The van der Waals surface area contributed by atoms with Gasteiger partial charge in [-0.2, -0.15) is 0 Å². The number of ether oxygens (including phenoxy) is 4. The van der Waals surface area contributed by atoms with Crippen molar-refractivity contribution in [2.75, 3.05) is 59.7 Å². The molecule has 0 unspecified atom stereocenters. The topological polar surface area (TPSA) is 130 Å². The highest BCUT2D eigenvalue weighted by Crippen LogP contribution is 2.36. The molecule has 0 radical (unpaired) electrons. The first-order chi connectivity index (χ1) is 24.8. The van der Waals surface area contributed by atoms with E-state index < -0.39 is 48.3 Å². The Bertz CT molecular complexity index is 1570. The molecule has 11 heteroatoms. The Morgan fingerprint density at radius 1 is 0.980 bits per heavy atom.